The summed E-state index contributed by atoms with van der Waals surface area (Å²) in [5.41, 5.74) is 0.791. The van der Waals surface area contributed by atoms with Crippen molar-refractivity contribution in [3.63, 3.8) is 0 Å². The number of thioether (sulfide) groups is 1. The zero-order valence-corrected chi connectivity index (χ0v) is 12.4. The molecular formula is C8H15N2O3PS2. The molecule has 0 aliphatic carbocycles. The molecule has 0 fully saturated rings. The Balaban J connectivity index is 2.75. The van der Waals surface area contributed by atoms with Crippen LogP contribution in [0.15, 0.2) is 10.1 Å². The van der Waals surface area contributed by atoms with Crippen LogP contribution in [0, 0.1) is 0 Å². The van der Waals surface area contributed by atoms with E-state index in [1.807, 2.05) is 20.8 Å². The fourth-order valence-electron chi connectivity index (χ4n) is 1.10. The monoisotopic (exact) mass is 282 g/mol. The lowest BCUT2D eigenvalue weighted by Gasteiger charge is -2.11. The van der Waals surface area contributed by atoms with E-state index in [9.17, 15) is 4.57 Å². The average molecular weight is 282 g/mol. The maximum atomic E-state index is 11.7. The van der Waals surface area contributed by atoms with Crippen LogP contribution < -0.4 is 0 Å². The van der Waals surface area contributed by atoms with Gasteiger partial charge in [0.05, 0.1) is 5.71 Å². The third kappa shape index (κ3) is 3.52. The van der Waals surface area contributed by atoms with Gasteiger partial charge in [0.25, 0.3) is 0 Å². The second kappa shape index (κ2) is 5.12. The summed E-state index contributed by atoms with van der Waals surface area (Å²) in [6.07, 6.45) is 1.65. The Bertz CT molecular complexity index is 373. The van der Waals surface area contributed by atoms with Gasteiger partial charge in [-0.25, -0.2) is 4.57 Å². The molecule has 1 atom stereocenters. The highest BCUT2D eigenvalue weighted by molar-refractivity contribution is 8.54. The van der Waals surface area contributed by atoms with Gasteiger partial charge < -0.3 is 4.62 Å². The quantitative estimate of drug-likeness (QED) is 0.584. The standard InChI is InChI=1S/C8H15N2O3PS2/c1-6-7(16-8(2,3)9-6)10-13-14(11,12-4)15-5/h1-5H3. The second-order valence-electron chi connectivity index (χ2n) is 3.54. The van der Waals surface area contributed by atoms with E-state index in [4.69, 9.17) is 9.15 Å². The fraction of sp³-hybridized carbons (Fsp3) is 0.750. The van der Waals surface area contributed by atoms with Gasteiger partial charge in [-0.15, -0.1) is 0 Å². The molecular weight excluding hydrogens is 267 g/mol. The molecule has 5 nitrogen and oxygen atoms in total. The van der Waals surface area contributed by atoms with Gasteiger partial charge in [0.1, 0.15) is 4.87 Å². The van der Waals surface area contributed by atoms with Gasteiger partial charge in [-0.3, -0.25) is 9.52 Å². The average Bonchev–Trinajstić information content (AvgIpc) is 2.48. The number of rotatable bonds is 4. The van der Waals surface area contributed by atoms with Gasteiger partial charge in [0.15, 0.2) is 5.04 Å². The van der Waals surface area contributed by atoms with Crippen molar-refractivity contribution in [2.75, 3.05) is 13.4 Å². The number of hydrogen-bond donors (Lipinski definition) is 0. The number of hydrogen-bond acceptors (Lipinski definition) is 7. The summed E-state index contributed by atoms with van der Waals surface area (Å²) in [7, 11) is 1.34. The van der Waals surface area contributed by atoms with Crippen LogP contribution in [0.2, 0.25) is 0 Å². The molecule has 0 amide bonds. The molecule has 0 bridgehead atoms. The Morgan fingerprint density at radius 1 is 1.56 bits per heavy atom. The van der Waals surface area contributed by atoms with Crippen LogP contribution in [-0.2, 0) is 13.7 Å². The van der Waals surface area contributed by atoms with Crippen LogP contribution in [0.4, 0.5) is 0 Å². The van der Waals surface area contributed by atoms with Crippen molar-refractivity contribution in [2.45, 2.75) is 25.6 Å². The van der Waals surface area contributed by atoms with Crippen LogP contribution in [0.25, 0.3) is 0 Å². The summed E-state index contributed by atoms with van der Waals surface area (Å²) >= 11 is 2.48. The van der Waals surface area contributed by atoms with E-state index in [0.29, 0.717) is 5.04 Å². The largest absolute Gasteiger partial charge is 0.459 e. The lowest BCUT2D eigenvalue weighted by molar-refractivity contribution is 0.262. The number of aliphatic imine (C=N–C) groups is 1. The summed E-state index contributed by atoms with van der Waals surface area (Å²) in [4.78, 5) is 4.15. The second-order valence-corrected chi connectivity index (χ2v) is 9.35. The van der Waals surface area contributed by atoms with Crippen molar-refractivity contribution in [3.05, 3.63) is 0 Å². The fourth-order valence-corrected chi connectivity index (χ4v) is 3.29. The maximum absolute atomic E-state index is 11.7. The van der Waals surface area contributed by atoms with Crippen molar-refractivity contribution < 1.29 is 13.7 Å². The van der Waals surface area contributed by atoms with Crippen LogP contribution in [0.5, 0.6) is 0 Å². The van der Waals surface area contributed by atoms with E-state index >= 15 is 0 Å². The molecule has 0 radical (unpaired) electrons. The minimum atomic E-state index is -3.14. The van der Waals surface area contributed by atoms with Crippen LogP contribution in [-0.4, -0.2) is 29.0 Å². The predicted octanol–water partition coefficient (Wildman–Crippen LogP) is 3.38. The van der Waals surface area contributed by atoms with Gasteiger partial charge in [0.2, 0.25) is 0 Å². The topological polar surface area (TPSA) is 60.2 Å². The van der Waals surface area contributed by atoms with Crippen LogP contribution in [0.1, 0.15) is 20.8 Å². The lowest BCUT2D eigenvalue weighted by Crippen LogP contribution is -2.06. The summed E-state index contributed by atoms with van der Waals surface area (Å²) < 4.78 is 21.5. The lowest BCUT2D eigenvalue weighted by atomic mass is 10.4. The number of oxime groups is 1. The molecule has 0 aromatic heterocycles. The van der Waals surface area contributed by atoms with Crippen LogP contribution in [0.3, 0.4) is 0 Å². The Labute approximate surface area is 104 Å². The van der Waals surface area contributed by atoms with Crippen molar-refractivity contribution in [3.8, 4) is 0 Å². The van der Waals surface area contributed by atoms with E-state index in [-0.39, 0.29) is 4.87 Å². The highest BCUT2D eigenvalue weighted by Crippen LogP contribution is 2.59. The van der Waals surface area contributed by atoms with Crippen molar-refractivity contribution in [1.82, 2.24) is 0 Å². The van der Waals surface area contributed by atoms with E-state index in [0.717, 1.165) is 17.1 Å². The summed E-state index contributed by atoms with van der Waals surface area (Å²) in [6.45, 7) is 2.67. The third-order valence-corrected chi connectivity index (χ3v) is 6.08. The zero-order valence-electron chi connectivity index (χ0n) is 9.88. The first-order valence-electron chi connectivity index (χ1n) is 4.56. The normalized spacial score (nSPS) is 25.3. The third-order valence-electron chi connectivity index (χ3n) is 1.76. The zero-order chi connectivity index (χ0) is 12.4. The van der Waals surface area contributed by atoms with Gasteiger partial charge >= 0.3 is 6.80 Å². The molecule has 1 unspecified atom stereocenters. The molecule has 0 aromatic rings. The molecule has 1 aliphatic rings. The molecule has 0 N–H and O–H groups in total. The van der Waals surface area contributed by atoms with Gasteiger partial charge in [0, 0.05) is 7.11 Å². The first-order chi connectivity index (χ1) is 7.32. The van der Waals surface area contributed by atoms with E-state index < -0.39 is 6.80 Å². The summed E-state index contributed by atoms with van der Waals surface area (Å²) in [6, 6.07) is 0. The summed E-state index contributed by atoms with van der Waals surface area (Å²) in [5, 5.41) is 4.50. The molecule has 16 heavy (non-hydrogen) atoms. The van der Waals surface area contributed by atoms with Crippen molar-refractivity contribution in [1.29, 1.82) is 0 Å². The highest BCUT2D eigenvalue weighted by Gasteiger charge is 2.31. The molecule has 1 heterocycles. The van der Waals surface area contributed by atoms with Gasteiger partial charge in [-0.2, -0.15) is 0 Å². The van der Waals surface area contributed by atoms with E-state index in [1.165, 1.54) is 18.9 Å². The minimum Gasteiger partial charge on any atom is -0.304 e. The van der Waals surface area contributed by atoms with Gasteiger partial charge in [-0.05, 0) is 38.4 Å². The maximum Gasteiger partial charge on any atom is 0.459 e. The van der Waals surface area contributed by atoms with E-state index in [1.54, 1.807) is 6.26 Å². The van der Waals surface area contributed by atoms with Crippen molar-refractivity contribution >= 4 is 40.7 Å². The molecule has 1 rings (SSSR count). The molecule has 0 spiro atoms. The Morgan fingerprint density at radius 3 is 2.56 bits per heavy atom. The Kier molecular flexibility index (Phi) is 4.51. The smallest absolute Gasteiger partial charge is 0.304 e. The SMILES string of the molecule is COP(=O)(ON=C1SC(C)(C)N=C1C)SC. The molecule has 0 saturated heterocycles. The van der Waals surface area contributed by atoms with Crippen LogP contribution >= 0.6 is 29.9 Å². The Morgan fingerprint density at radius 2 is 2.19 bits per heavy atom. The van der Waals surface area contributed by atoms with E-state index in [2.05, 4.69) is 10.1 Å². The first-order valence-corrected chi connectivity index (χ1v) is 8.75. The molecule has 1 aliphatic heterocycles. The van der Waals surface area contributed by atoms with Gasteiger partial charge in [-0.1, -0.05) is 16.9 Å². The number of nitrogens with zero attached hydrogens (tertiary/aromatic N) is 2. The first kappa shape index (κ1) is 14.1. The van der Waals surface area contributed by atoms with Crippen molar-refractivity contribution in [2.24, 2.45) is 10.1 Å². The molecule has 0 aromatic carbocycles. The minimum absolute atomic E-state index is 0.233. The summed E-state index contributed by atoms with van der Waals surface area (Å²) in [5.74, 6) is 0. The molecule has 92 valence electrons. The molecule has 0 saturated carbocycles. The molecule has 8 heteroatoms. The predicted molar refractivity (Wildman–Crippen MR) is 71.4 cm³/mol. The Hall–Kier alpha value is 0.0300. The highest BCUT2D eigenvalue weighted by atomic mass is 32.7.